The number of hydrogen-bond donors (Lipinski definition) is 1. The van der Waals surface area contributed by atoms with Gasteiger partial charge in [0.25, 0.3) is 0 Å². The Bertz CT molecular complexity index is 1210. The van der Waals surface area contributed by atoms with Gasteiger partial charge in [-0.1, -0.05) is 30.3 Å². The van der Waals surface area contributed by atoms with Crippen molar-refractivity contribution < 1.29 is 19.0 Å². The molecule has 2 aromatic carbocycles. The molecule has 3 saturated carbocycles. The number of rotatable bonds is 8. The zero-order chi connectivity index (χ0) is 23.3. The second kappa shape index (κ2) is 8.19. The number of imidazole rings is 1. The van der Waals surface area contributed by atoms with Crippen molar-refractivity contribution in [3.8, 4) is 0 Å². The Hall–Kier alpha value is -2.73. The molecular formula is C28H31FN2O3. The van der Waals surface area contributed by atoms with Gasteiger partial charge in [-0.3, -0.25) is 4.79 Å². The summed E-state index contributed by atoms with van der Waals surface area (Å²) in [6.07, 6.45) is 6.90. The lowest BCUT2D eigenvalue weighted by molar-refractivity contribution is -0.151. The van der Waals surface area contributed by atoms with E-state index in [2.05, 4.69) is 4.57 Å². The first-order valence-corrected chi connectivity index (χ1v) is 12.6. The van der Waals surface area contributed by atoms with Crippen LogP contribution in [0, 0.1) is 17.7 Å². The highest BCUT2D eigenvalue weighted by Crippen LogP contribution is 2.50. The quantitative estimate of drug-likeness (QED) is 0.459. The minimum atomic E-state index is -0.923. The van der Waals surface area contributed by atoms with Gasteiger partial charge in [0.05, 0.1) is 23.1 Å². The molecule has 178 valence electrons. The van der Waals surface area contributed by atoms with Gasteiger partial charge in [0.2, 0.25) is 0 Å². The summed E-state index contributed by atoms with van der Waals surface area (Å²) in [5.74, 6) is 0.986. The van der Waals surface area contributed by atoms with Crippen molar-refractivity contribution in [3.63, 3.8) is 0 Å². The Morgan fingerprint density at radius 1 is 1.03 bits per heavy atom. The Labute approximate surface area is 199 Å². The number of benzene rings is 2. The predicted octanol–water partition coefficient (Wildman–Crippen LogP) is 5.80. The number of fused-ring (bicyclic) bond motifs is 1. The lowest BCUT2D eigenvalue weighted by Crippen LogP contribution is -2.47. The molecule has 1 heterocycles. The molecule has 3 aromatic rings. The van der Waals surface area contributed by atoms with Gasteiger partial charge in [-0.05, 0) is 80.9 Å². The standard InChI is InChI=1S/C28H31FN2O3/c29-22-10-11-24-23(16-22)30-25(31(24)17-19-6-7-19)28(34-18-20-8-9-20)14-12-27(13-15-28,26(32)33)21-4-2-1-3-5-21/h1-5,10-11,16,19-20H,6-9,12-15,17-18H2,(H,32,33). The van der Waals surface area contributed by atoms with Gasteiger partial charge in [0.1, 0.15) is 17.2 Å². The van der Waals surface area contributed by atoms with Crippen LogP contribution < -0.4 is 0 Å². The van der Waals surface area contributed by atoms with Gasteiger partial charge in [-0.2, -0.15) is 0 Å². The summed E-state index contributed by atoms with van der Waals surface area (Å²) in [7, 11) is 0. The van der Waals surface area contributed by atoms with Crippen molar-refractivity contribution in [2.24, 2.45) is 11.8 Å². The van der Waals surface area contributed by atoms with E-state index in [9.17, 15) is 14.3 Å². The maximum absolute atomic E-state index is 14.1. The molecule has 3 fully saturated rings. The number of carboxylic acids is 1. The molecule has 0 saturated heterocycles. The van der Waals surface area contributed by atoms with Crippen molar-refractivity contribution in [2.45, 2.75) is 68.9 Å². The fourth-order valence-electron chi connectivity index (χ4n) is 5.65. The number of aliphatic carboxylic acids is 1. The van der Waals surface area contributed by atoms with Gasteiger partial charge in [0, 0.05) is 12.6 Å². The van der Waals surface area contributed by atoms with E-state index in [1.807, 2.05) is 36.4 Å². The highest BCUT2D eigenvalue weighted by Gasteiger charge is 2.52. The first kappa shape index (κ1) is 21.8. The van der Waals surface area contributed by atoms with Crippen LogP contribution in [0.5, 0.6) is 0 Å². The number of ether oxygens (including phenoxy) is 1. The largest absolute Gasteiger partial charge is 0.481 e. The van der Waals surface area contributed by atoms with Gasteiger partial charge < -0.3 is 14.4 Å². The van der Waals surface area contributed by atoms with Crippen molar-refractivity contribution >= 4 is 17.0 Å². The van der Waals surface area contributed by atoms with E-state index in [-0.39, 0.29) is 5.82 Å². The van der Waals surface area contributed by atoms with Gasteiger partial charge in [-0.25, -0.2) is 9.37 Å². The van der Waals surface area contributed by atoms with E-state index in [4.69, 9.17) is 9.72 Å². The molecule has 3 aliphatic carbocycles. The van der Waals surface area contributed by atoms with Crippen molar-refractivity contribution in [1.29, 1.82) is 0 Å². The van der Waals surface area contributed by atoms with Crippen LogP contribution in [0.25, 0.3) is 11.0 Å². The summed E-state index contributed by atoms with van der Waals surface area (Å²) in [6, 6.07) is 14.4. The van der Waals surface area contributed by atoms with Crippen LogP contribution >= 0.6 is 0 Å². The monoisotopic (exact) mass is 462 g/mol. The third-order valence-corrected chi connectivity index (χ3v) is 8.19. The topological polar surface area (TPSA) is 64.3 Å². The Morgan fingerprint density at radius 2 is 1.74 bits per heavy atom. The molecule has 0 aliphatic heterocycles. The zero-order valence-electron chi connectivity index (χ0n) is 19.4. The number of carboxylic acid groups (broad SMARTS) is 1. The highest BCUT2D eigenvalue weighted by molar-refractivity contribution is 5.81. The Kier molecular flexibility index (Phi) is 5.25. The smallest absolute Gasteiger partial charge is 0.314 e. The third-order valence-electron chi connectivity index (χ3n) is 8.19. The lowest BCUT2D eigenvalue weighted by atomic mass is 9.65. The Morgan fingerprint density at radius 3 is 2.38 bits per heavy atom. The number of carbonyl (C=O) groups is 1. The highest BCUT2D eigenvalue weighted by atomic mass is 19.1. The van der Waals surface area contributed by atoms with Crippen molar-refractivity contribution in [1.82, 2.24) is 9.55 Å². The first-order chi connectivity index (χ1) is 16.5. The normalized spacial score (nSPS) is 27.2. The molecule has 0 atom stereocenters. The van der Waals surface area contributed by atoms with Crippen molar-refractivity contribution in [3.05, 3.63) is 65.7 Å². The van der Waals surface area contributed by atoms with E-state index in [0.29, 0.717) is 49.6 Å². The second-order valence-corrected chi connectivity index (χ2v) is 10.6. The van der Waals surface area contributed by atoms with Crippen LogP contribution in [0.15, 0.2) is 48.5 Å². The first-order valence-electron chi connectivity index (χ1n) is 12.6. The van der Waals surface area contributed by atoms with Crippen LogP contribution in [-0.2, 0) is 27.1 Å². The summed E-state index contributed by atoms with van der Waals surface area (Å²) in [4.78, 5) is 17.6. The molecule has 5 nitrogen and oxygen atoms in total. The Balaban J connectivity index is 1.41. The molecule has 6 heteroatoms. The zero-order valence-corrected chi connectivity index (χ0v) is 19.4. The van der Waals surface area contributed by atoms with E-state index >= 15 is 0 Å². The molecule has 1 N–H and O–H groups in total. The van der Waals surface area contributed by atoms with E-state index in [1.54, 1.807) is 0 Å². The van der Waals surface area contributed by atoms with Gasteiger partial charge in [0.15, 0.2) is 0 Å². The maximum atomic E-state index is 14.1. The number of aromatic nitrogens is 2. The van der Waals surface area contributed by atoms with Crippen molar-refractivity contribution in [2.75, 3.05) is 6.61 Å². The molecule has 0 spiro atoms. The molecule has 6 rings (SSSR count). The van der Waals surface area contributed by atoms with E-state index in [1.165, 1.54) is 37.8 Å². The third kappa shape index (κ3) is 3.82. The molecule has 0 unspecified atom stereocenters. The summed E-state index contributed by atoms with van der Waals surface area (Å²) in [5, 5.41) is 10.3. The molecule has 34 heavy (non-hydrogen) atoms. The van der Waals surface area contributed by atoms with Crippen LogP contribution in [0.1, 0.15) is 62.8 Å². The van der Waals surface area contributed by atoms with E-state index in [0.717, 1.165) is 23.4 Å². The van der Waals surface area contributed by atoms with Crippen LogP contribution in [0.3, 0.4) is 0 Å². The molecule has 0 bridgehead atoms. The number of nitrogens with zero attached hydrogens (tertiary/aromatic N) is 2. The average molecular weight is 463 g/mol. The second-order valence-electron chi connectivity index (χ2n) is 10.6. The van der Waals surface area contributed by atoms with Crippen LogP contribution in [0.2, 0.25) is 0 Å². The summed E-state index contributed by atoms with van der Waals surface area (Å²) >= 11 is 0. The van der Waals surface area contributed by atoms with Crippen LogP contribution in [-0.4, -0.2) is 27.2 Å². The lowest BCUT2D eigenvalue weighted by Gasteiger charge is -2.44. The fraction of sp³-hybridized carbons (Fsp3) is 0.500. The molecule has 1 aromatic heterocycles. The molecule has 0 radical (unpaired) electrons. The van der Waals surface area contributed by atoms with Crippen LogP contribution in [0.4, 0.5) is 4.39 Å². The van der Waals surface area contributed by atoms with Gasteiger partial charge >= 0.3 is 5.97 Å². The minimum absolute atomic E-state index is 0.291. The predicted molar refractivity (Wildman–Crippen MR) is 127 cm³/mol. The van der Waals surface area contributed by atoms with Gasteiger partial charge in [-0.15, -0.1) is 0 Å². The molecule has 0 amide bonds. The molecular weight excluding hydrogens is 431 g/mol. The average Bonchev–Trinajstić information content (AvgIpc) is 3.77. The summed E-state index contributed by atoms with van der Waals surface area (Å²) < 4.78 is 23.1. The SMILES string of the molecule is O=C(O)C1(c2ccccc2)CCC(OCC2CC2)(c2nc3cc(F)ccc3n2CC2CC2)CC1. The number of halogens is 1. The minimum Gasteiger partial charge on any atom is -0.481 e. The molecule has 3 aliphatic rings. The van der Waals surface area contributed by atoms with E-state index < -0.39 is 17.0 Å². The summed E-state index contributed by atoms with van der Waals surface area (Å²) in [6.45, 7) is 1.53. The maximum Gasteiger partial charge on any atom is 0.314 e. The fourth-order valence-corrected chi connectivity index (χ4v) is 5.65. The number of hydrogen-bond acceptors (Lipinski definition) is 3. The summed E-state index contributed by atoms with van der Waals surface area (Å²) in [5.41, 5.74) is 0.874.